The average Bonchev–Trinajstić information content (AvgIpc) is 3.61. The van der Waals surface area contributed by atoms with Crippen molar-refractivity contribution in [2.45, 2.75) is 31.8 Å². The second-order valence-electron chi connectivity index (χ2n) is 10.4. The standard InChI is InChI=1S/C30H34N6O2/c1-38-28-10-7-23(18-31-28)20-34-13-11-24(12-14-34)25-8-9-26-27(17-25)33-29(32-26)30(37)36-16-15-35(21-36)19-22-5-3-2-4-6-22/h2-10,17-18,24H,11-16,19-21H2,1H3,(H,32,33). The van der Waals surface area contributed by atoms with E-state index in [4.69, 9.17) is 4.74 Å². The zero-order chi connectivity index (χ0) is 25.9. The van der Waals surface area contributed by atoms with Gasteiger partial charge < -0.3 is 14.6 Å². The molecule has 0 atom stereocenters. The number of pyridine rings is 1. The van der Waals surface area contributed by atoms with Crippen LogP contribution in [0.2, 0.25) is 0 Å². The van der Waals surface area contributed by atoms with Crippen LogP contribution in [0, 0.1) is 0 Å². The number of carbonyl (C=O) groups is 1. The first-order valence-corrected chi connectivity index (χ1v) is 13.4. The summed E-state index contributed by atoms with van der Waals surface area (Å²) in [7, 11) is 1.64. The Labute approximate surface area is 223 Å². The van der Waals surface area contributed by atoms with Gasteiger partial charge in [-0.05, 0) is 60.7 Å². The summed E-state index contributed by atoms with van der Waals surface area (Å²) in [6, 6.07) is 20.8. The smallest absolute Gasteiger partial charge is 0.290 e. The first-order valence-electron chi connectivity index (χ1n) is 13.4. The zero-order valence-electron chi connectivity index (χ0n) is 21.8. The number of likely N-dealkylation sites (tertiary alicyclic amines) is 1. The van der Waals surface area contributed by atoms with Crippen molar-refractivity contribution in [1.82, 2.24) is 29.7 Å². The van der Waals surface area contributed by atoms with Gasteiger partial charge in [-0.15, -0.1) is 0 Å². The van der Waals surface area contributed by atoms with Gasteiger partial charge in [0.2, 0.25) is 5.88 Å². The maximum Gasteiger partial charge on any atom is 0.290 e. The van der Waals surface area contributed by atoms with Gasteiger partial charge in [0.15, 0.2) is 5.82 Å². The molecule has 0 radical (unpaired) electrons. The molecule has 0 bridgehead atoms. The molecule has 8 heteroatoms. The predicted molar refractivity (Wildman–Crippen MR) is 147 cm³/mol. The minimum absolute atomic E-state index is 0.0281. The summed E-state index contributed by atoms with van der Waals surface area (Å²) >= 11 is 0. The van der Waals surface area contributed by atoms with Crippen molar-refractivity contribution in [2.24, 2.45) is 0 Å². The van der Waals surface area contributed by atoms with Gasteiger partial charge in [0.1, 0.15) is 0 Å². The van der Waals surface area contributed by atoms with Crippen molar-refractivity contribution in [1.29, 1.82) is 0 Å². The van der Waals surface area contributed by atoms with E-state index in [0.29, 0.717) is 24.3 Å². The number of imidazole rings is 1. The topological polar surface area (TPSA) is 77.6 Å². The summed E-state index contributed by atoms with van der Waals surface area (Å²) in [6.07, 6.45) is 4.12. The molecule has 0 saturated carbocycles. The summed E-state index contributed by atoms with van der Waals surface area (Å²) in [5.41, 5.74) is 5.59. The lowest BCUT2D eigenvalue weighted by atomic mass is 9.89. The maximum absolute atomic E-state index is 13.2. The number of ether oxygens (including phenoxy) is 1. The SMILES string of the molecule is COc1ccc(CN2CCC(c3ccc4nc(C(=O)N5CCN(Cc6ccccc6)C5)[nH]c4c3)CC2)cn1. The highest BCUT2D eigenvalue weighted by molar-refractivity contribution is 5.94. The molecule has 2 aliphatic heterocycles. The number of hydrogen-bond acceptors (Lipinski definition) is 6. The highest BCUT2D eigenvalue weighted by Crippen LogP contribution is 2.30. The van der Waals surface area contributed by atoms with E-state index in [0.717, 1.165) is 63.1 Å². The van der Waals surface area contributed by atoms with Crippen molar-refractivity contribution < 1.29 is 9.53 Å². The monoisotopic (exact) mass is 510 g/mol. The number of aromatic amines is 1. The van der Waals surface area contributed by atoms with Gasteiger partial charge in [0.25, 0.3) is 5.91 Å². The summed E-state index contributed by atoms with van der Waals surface area (Å²) < 4.78 is 5.16. The Morgan fingerprint density at radius 2 is 1.76 bits per heavy atom. The van der Waals surface area contributed by atoms with Gasteiger partial charge in [-0.1, -0.05) is 42.5 Å². The fourth-order valence-electron chi connectivity index (χ4n) is 5.62. The normalized spacial score (nSPS) is 17.3. The highest BCUT2D eigenvalue weighted by Gasteiger charge is 2.27. The Morgan fingerprint density at radius 1 is 0.947 bits per heavy atom. The number of fused-ring (bicyclic) bond motifs is 1. The Morgan fingerprint density at radius 3 is 2.53 bits per heavy atom. The van der Waals surface area contributed by atoms with Crippen molar-refractivity contribution in [2.75, 3.05) is 40.0 Å². The molecule has 2 aromatic heterocycles. The number of H-pyrrole nitrogens is 1. The van der Waals surface area contributed by atoms with E-state index in [1.54, 1.807) is 7.11 Å². The fourth-order valence-corrected chi connectivity index (χ4v) is 5.62. The highest BCUT2D eigenvalue weighted by atomic mass is 16.5. The number of rotatable bonds is 7. The molecule has 6 rings (SSSR count). The van der Waals surface area contributed by atoms with Gasteiger partial charge in [-0.2, -0.15) is 0 Å². The molecule has 38 heavy (non-hydrogen) atoms. The van der Waals surface area contributed by atoms with E-state index in [1.165, 1.54) is 16.7 Å². The van der Waals surface area contributed by atoms with E-state index < -0.39 is 0 Å². The molecule has 0 unspecified atom stereocenters. The molecule has 196 valence electrons. The van der Waals surface area contributed by atoms with Crippen LogP contribution in [-0.4, -0.2) is 75.5 Å². The number of nitrogens with zero attached hydrogens (tertiary/aromatic N) is 5. The van der Waals surface area contributed by atoms with Crippen LogP contribution in [0.25, 0.3) is 11.0 Å². The fraction of sp³-hybridized carbons (Fsp3) is 0.367. The number of benzene rings is 2. The molecule has 2 aliphatic rings. The van der Waals surface area contributed by atoms with Crippen molar-refractivity contribution >= 4 is 16.9 Å². The van der Waals surface area contributed by atoms with Crippen LogP contribution in [0.15, 0.2) is 66.9 Å². The van der Waals surface area contributed by atoms with Gasteiger partial charge in [-0.3, -0.25) is 14.6 Å². The number of nitrogens with one attached hydrogen (secondary N) is 1. The molecular weight excluding hydrogens is 476 g/mol. The third-order valence-electron chi connectivity index (χ3n) is 7.77. The first-order chi connectivity index (χ1) is 18.6. The van der Waals surface area contributed by atoms with Crippen molar-refractivity contribution in [3.8, 4) is 5.88 Å². The molecule has 0 spiro atoms. The number of aromatic nitrogens is 3. The minimum atomic E-state index is -0.0281. The second kappa shape index (κ2) is 10.9. The Bertz CT molecular complexity index is 1380. The zero-order valence-corrected chi connectivity index (χ0v) is 21.8. The molecule has 2 aromatic carbocycles. The van der Waals surface area contributed by atoms with Gasteiger partial charge >= 0.3 is 0 Å². The summed E-state index contributed by atoms with van der Waals surface area (Å²) in [5.74, 6) is 1.57. The largest absolute Gasteiger partial charge is 0.481 e. The molecule has 2 saturated heterocycles. The Balaban J connectivity index is 1.06. The molecule has 1 N–H and O–H groups in total. The third-order valence-corrected chi connectivity index (χ3v) is 7.77. The molecule has 1 amide bonds. The van der Waals surface area contributed by atoms with E-state index in [9.17, 15) is 4.79 Å². The predicted octanol–water partition coefficient (Wildman–Crippen LogP) is 4.26. The maximum atomic E-state index is 13.2. The van der Waals surface area contributed by atoms with Gasteiger partial charge in [0.05, 0.1) is 24.8 Å². The second-order valence-corrected chi connectivity index (χ2v) is 10.4. The number of piperidine rings is 1. The lowest BCUT2D eigenvalue weighted by Crippen LogP contribution is -2.32. The van der Waals surface area contributed by atoms with Crippen LogP contribution in [0.1, 0.15) is 46.1 Å². The van der Waals surface area contributed by atoms with E-state index in [-0.39, 0.29) is 5.91 Å². The van der Waals surface area contributed by atoms with Crippen LogP contribution >= 0.6 is 0 Å². The third kappa shape index (κ3) is 5.42. The summed E-state index contributed by atoms with van der Waals surface area (Å²) in [5, 5.41) is 0. The van der Waals surface area contributed by atoms with E-state index in [1.807, 2.05) is 23.2 Å². The van der Waals surface area contributed by atoms with Crippen LogP contribution in [0.4, 0.5) is 0 Å². The number of methoxy groups -OCH3 is 1. The summed E-state index contributed by atoms with van der Waals surface area (Å²) in [6.45, 7) is 6.09. The van der Waals surface area contributed by atoms with Crippen LogP contribution in [0.3, 0.4) is 0 Å². The first kappa shape index (κ1) is 24.6. The molecule has 0 aliphatic carbocycles. The van der Waals surface area contributed by atoms with E-state index >= 15 is 0 Å². The van der Waals surface area contributed by atoms with Crippen molar-refractivity contribution in [3.05, 3.63) is 89.4 Å². The minimum Gasteiger partial charge on any atom is -0.481 e. The van der Waals surface area contributed by atoms with Gasteiger partial charge in [0, 0.05) is 38.4 Å². The molecule has 4 heterocycles. The number of hydrogen-bond donors (Lipinski definition) is 1. The van der Waals surface area contributed by atoms with Crippen molar-refractivity contribution in [3.63, 3.8) is 0 Å². The Kier molecular flexibility index (Phi) is 7.07. The lowest BCUT2D eigenvalue weighted by Gasteiger charge is -2.32. The van der Waals surface area contributed by atoms with Crippen LogP contribution in [0.5, 0.6) is 5.88 Å². The summed E-state index contributed by atoms with van der Waals surface area (Å²) in [4.78, 5) is 32.2. The quantitative estimate of drug-likeness (QED) is 0.400. The Hall–Kier alpha value is -3.75. The molecule has 8 nitrogen and oxygen atoms in total. The lowest BCUT2D eigenvalue weighted by molar-refractivity contribution is 0.0752. The molecule has 2 fully saturated rings. The van der Waals surface area contributed by atoms with E-state index in [2.05, 4.69) is 73.3 Å². The molecule has 4 aromatic rings. The number of amides is 1. The van der Waals surface area contributed by atoms with Crippen LogP contribution in [-0.2, 0) is 13.1 Å². The average molecular weight is 511 g/mol. The van der Waals surface area contributed by atoms with Crippen LogP contribution < -0.4 is 4.74 Å². The number of carbonyl (C=O) groups excluding carboxylic acids is 1. The molecular formula is C30H34N6O2. The van der Waals surface area contributed by atoms with Gasteiger partial charge in [-0.25, -0.2) is 9.97 Å².